The van der Waals surface area contributed by atoms with E-state index in [1.54, 1.807) is 50.6 Å². The van der Waals surface area contributed by atoms with E-state index in [1.165, 1.54) is 41.5 Å². The zero-order chi connectivity index (χ0) is 102. The SMILES string of the molecule is CSc1ncc(-c2cnc3ccn(COCC[Si](C)(C)C)c3n2)c(N[C@H]2C[C@H](C)CN(C(=O)OCc3ccccc3)C2)n1.CSc1ncc(Br)c(Cl)n1.CSc1ncc(Br)c(N[C@H]2C[C@H](C)CN(C(=O)OCc3ccccc3)C2)n1.C[C@H]1C[C@H](N)CN(C(=O)OCc2ccccc2)C1.C[C@H]1C[C@H](Nc2nc(S(C)(=O)=O)ncc2-c2cnc3c(n2)N(COCC[Si](C)(C)C)CC3)CN(C(=O)OCc2ccccc2)C1. The molecule has 766 valence electrons. The summed E-state index contributed by atoms with van der Waals surface area (Å²) >= 11 is 16.8. The van der Waals surface area contributed by atoms with Crippen molar-refractivity contribution in [3.05, 3.63) is 213 Å². The number of ether oxygens (including phenoxy) is 6. The maximum Gasteiger partial charge on any atom is 0.410 e. The van der Waals surface area contributed by atoms with E-state index in [-0.39, 0.29) is 73.3 Å². The monoisotopic (exact) mass is 2210 g/mol. The number of sulfone groups is 1. The van der Waals surface area contributed by atoms with E-state index in [2.05, 4.69) is 165 Å². The normalized spacial score (nSPS) is 18.4. The molecule has 4 saturated heterocycles. The number of halogens is 3. The highest BCUT2D eigenvalue weighted by atomic mass is 79.9. The highest BCUT2D eigenvalue weighted by molar-refractivity contribution is 9.11. The second-order valence-electron chi connectivity index (χ2n) is 38.8. The van der Waals surface area contributed by atoms with Crippen molar-refractivity contribution in [3.8, 4) is 22.5 Å². The van der Waals surface area contributed by atoms with Gasteiger partial charge in [-0.25, -0.2) is 77.4 Å². The summed E-state index contributed by atoms with van der Waals surface area (Å²) in [5.74, 6) is 3.79. The minimum absolute atomic E-state index is 0.0169. The van der Waals surface area contributed by atoms with E-state index in [4.69, 9.17) is 60.7 Å². The summed E-state index contributed by atoms with van der Waals surface area (Å²) in [6.45, 7) is 31.3. The summed E-state index contributed by atoms with van der Waals surface area (Å²) < 4.78 is 62.4. The number of carbonyl (C=O) groups is 4. The van der Waals surface area contributed by atoms with Gasteiger partial charge < -0.3 is 79.2 Å². The van der Waals surface area contributed by atoms with Crippen LogP contribution in [-0.4, -0.2) is 261 Å². The fourth-order valence-electron chi connectivity index (χ4n) is 16.5. The molecule has 4 fully saturated rings. The van der Waals surface area contributed by atoms with Crippen molar-refractivity contribution in [2.45, 2.75) is 189 Å². The van der Waals surface area contributed by atoms with Crippen LogP contribution in [0.25, 0.3) is 33.7 Å². The number of piperidine rings is 4. The molecule has 4 amide bonds. The fraction of sp³-hybridized carbons (Fsp3) is 0.460. The molecule has 0 spiro atoms. The van der Waals surface area contributed by atoms with E-state index in [1.807, 2.05) is 157 Å². The number of nitrogens with two attached hydrogens (primary N) is 1. The summed E-state index contributed by atoms with van der Waals surface area (Å²) in [5.41, 5.74) is 14.7. The first-order valence-corrected chi connectivity index (χ1v) is 62.7. The van der Waals surface area contributed by atoms with Crippen LogP contribution in [0.15, 0.2) is 200 Å². The van der Waals surface area contributed by atoms with Crippen LogP contribution in [0.4, 0.5) is 42.4 Å². The Balaban J connectivity index is 0.000000171. The second kappa shape index (κ2) is 54.3. The number of hydrogen-bond acceptors (Lipinski definition) is 32. The highest BCUT2D eigenvalue weighted by Gasteiger charge is 2.36. The average Bonchev–Trinajstić information content (AvgIpc) is 0.972. The molecule has 11 aromatic rings. The first-order chi connectivity index (χ1) is 68.5. The van der Waals surface area contributed by atoms with Gasteiger partial charge >= 0.3 is 24.4 Å². The number of amides is 4. The maximum atomic E-state index is 13.0. The van der Waals surface area contributed by atoms with Gasteiger partial charge in [-0.3, -0.25) is 9.97 Å². The predicted molar refractivity (Wildman–Crippen MR) is 577 cm³/mol. The molecule has 143 heavy (non-hydrogen) atoms. The van der Waals surface area contributed by atoms with Crippen molar-refractivity contribution < 1.29 is 56.0 Å². The third-order valence-corrected chi connectivity index (χ3v) is 31.2. The van der Waals surface area contributed by atoms with Gasteiger partial charge in [-0.2, -0.15) is 0 Å². The molecule has 0 bridgehead atoms. The van der Waals surface area contributed by atoms with E-state index in [0.29, 0.717) is 139 Å². The molecule has 0 saturated carbocycles. The lowest BCUT2D eigenvalue weighted by Gasteiger charge is -2.36. The first-order valence-electron chi connectivity index (χ1n) is 47.7. The highest BCUT2D eigenvalue weighted by Crippen LogP contribution is 2.36. The van der Waals surface area contributed by atoms with Crippen molar-refractivity contribution in [2.75, 3.05) is 125 Å². The largest absolute Gasteiger partial charge is 0.445 e. The van der Waals surface area contributed by atoms with Crippen molar-refractivity contribution in [3.63, 3.8) is 0 Å². The van der Waals surface area contributed by atoms with Crippen LogP contribution in [0.2, 0.25) is 56.5 Å². The number of rotatable bonds is 30. The van der Waals surface area contributed by atoms with Gasteiger partial charge in [0.05, 0.1) is 49.5 Å². The van der Waals surface area contributed by atoms with Crippen LogP contribution in [-0.2, 0) is 77.8 Å². The molecule has 0 unspecified atom stereocenters. The smallest absolute Gasteiger partial charge is 0.410 e. The molecule has 12 heterocycles. The number of fused-ring (bicyclic) bond motifs is 2. The summed E-state index contributed by atoms with van der Waals surface area (Å²) in [7, 11) is -6.05. The van der Waals surface area contributed by atoms with Gasteiger partial charge in [-0.15, -0.1) is 0 Å². The number of aromatic nitrogens is 13. The minimum Gasteiger partial charge on any atom is -0.445 e. The molecule has 34 nitrogen and oxygen atoms in total. The molecule has 0 radical (unpaired) electrons. The number of nitrogens with one attached hydrogen (secondary N) is 3. The molecule has 16 rings (SSSR count). The quantitative estimate of drug-likeness (QED) is 0.00811. The van der Waals surface area contributed by atoms with Gasteiger partial charge in [0.15, 0.2) is 26.9 Å². The van der Waals surface area contributed by atoms with Crippen molar-refractivity contribution >= 4 is 164 Å². The summed E-state index contributed by atoms with van der Waals surface area (Å²) in [6, 6.07) is 42.8. The van der Waals surface area contributed by atoms with Crippen LogP contribution >= 0.6 is 78.7 Å². The number of thioether (sulfide) groups is 3. The van der Waals surface area contributed by atoms with Gasteiger partial charge in [0.2, 0.25) is 15.0 Å². The molecular weight excluding hydrogens is 2080 g/mol. The number of likely N-dealkylation sites (tertiary alicyclic amines) is 4. The average molecular weight is 2210 g/mol. The Morgan fingerprint density at radius 1 is 0.462 bits per heavy atom. The van der Waals surface area contributed by atoms with E-state index in [0.717, 1.165) is 135 Å². The Morgan fingerprint density at radius 3 is 1.29 bits per heavy atom. The maximum absolute atomic E-state index is 13.0. The summed E-state index contributed by atoms with van der Waals surface area (Å²) in [6.07, 6.45) is 22.1. The van der Waals surface area contributed by atoms with Gasteiger partial charge in [0.25, 0.3) is 0 Å². The standard InChI is InChI=1S/C31H43N7O5SSi.C31H41N7O3SSi.C19H23BrN4O2S.C14H20N2O2.C5H4BrClN2S/c1-22-15-24(19-38(18-22)31(39)43-20-23-9-7-6-8-10-23)34-28-25(16-33-30(36-28)44(2,40)41)27-17-32-26-11-12-37(29(26)35-27)21-42-13-14-45(3,4)5;1-22-15-24(19-38(18-22)31(39)41-20-23-9-7-6-8-10-23)34-28-25(16-33-30(36-28)42-2)27-17-32-26-11-12-37(29(26)35-27)21-40-13-14-43(3,4)5;1-13-8-15(22-17-16(20)9-21-18(23-17)27-2)11-24(10-13)19(25)26-12-14-6-4-3-5-7-14;1-11-7-13(15)9-16(8-11)14(17)18-10-12-5-3-2-4-6-12;1-10-5-8-2-3(6)4(7)9-5/h6-10,16-17,22,24H,11-15,18-21H2,1-5H3,(H,33,34,36);6-12,16-17,22,24H,13-15,18-21H2,1-5H3,(H,33,34,36);3-7,9,13,15H,8,10-12H2,1-2H3,(H,21,22,23);2-6,11,13H,7-10,15H2,1H3;2H,1H3/t2*22-,24-;13-,15-;11-,13-;/m0000./s1. The fourth-order valence-corrected chi connectivity index (χ4v) is 20.2. The zero-order valence-corrected chi connectivity index (χ0v) is 92.7. The lowest BCUT2D eigenvalue weighted by atomic mass is 9.96. The minimum atomic E-state index is -3.68. The van der Waals surface area contributed by atoms with E-state index in [9.17, 15) is 27.6 Å². The third-order valence-electron chi connectivity index (χ3n) is 23.6. The second-order valence-corrected chi connectivity index (χ2v) is 56.3. The topological polar surface area (TPSA) is 396 Å². The number of benzene rings is 4. The van der Waals surface area contributed by atoms with E-state index >= 15 is 0 Å². The number of nitrogens with zero attached hydrogens (tertiary/aromatic N) is 18. The van der Waals surface area contributed by atoms with Gasteiger partial charge in [-0.05, 0) is 140 Å². The van der Waals surface area contributed by atoms with Gasteiger partial charge in [0, 0.05) is 156 Å². The van der Waals surface area contributed by atoms with Gasteiger partial charge in [-0.1, -0.05) is 235 Å². The van der Waals surface area contributed by atoms with Crippen LogP contribution in [0, 0.1) is 23.7 Å². The Labute approximate surface area is 875 Å². The zero-order valence-electron chi connectivity index (χ0n) is 83.5. The summed E-state index contributed by atoms with van der Waals surface area (Å²) in [5, 5.41) is 12.7. The Kier molecular flexibility index (Phi) is 42.3. The molecule has 0 aliphatic carbocycles. The number of anilines is 4. The lowest BCUT2D eigenvalue weighted by Crippen LogP contribution is -2.48. The van der Waals surface area contributed by atoms with E-state index < -0.39 is 32.1 Å². The molecule has 4 aromatic carbocycles. The van der Waals surface area contributed by atoms with Crippen LogP contribution in [0.3, 0.4) is 0 Å². The predicted octanol–water partition coefficient (Wildman–Crippen LogP) is 19.9. The Hall–Kier alpha value is -10.3. The Morgan fingerprint density at radius 2 is 0.853 bits per heavy atom. The van der Waals surface area contributed by atoms with Crippen molar-refractivity contribution in [1.82, 2.24) is 84.0 Å². The molecular formula is C100H131Br2ClN22O12S4Si2. The summed E-state index contributed by atoms with van der Waals surface area (Å²) in [4.78, 5) is 113. The lowest BCUT2D eigenvalue weighted by molar-refractivity contribution is 0.0765. The molecule has 8 atom stereocenters. The van der Waals surface area contributed by atoms with Crippen LogP contribution in [0.1, 0.15) is 81.3 Å². The molecule has 5 aliphatic heterocycles. The molecule has 5 N–H and O–H groups in total. The van der Waals surface area contributed by atoms with Gasteiger partial charge in [0.1, 0.15) is 68.0 Å². The van der Waals surface area contributed by atoms with Crippen LogP contribution in [0.5, 0.6) is 0 Å². The van der Waals surface area contributed by atoms with Crippen LogP contribution < -0.4 is 26.6 Å². The number of hydrogen-bond donors (Lipinski definition) is 4. The third kappa shape index (κ3) is 35.6. The number of carbonyl (C=O) groups excluding carboxylic acids is 4. The molecule has 5 aliphatic rings. The first kappa shape index (κ1) is 112. The Bertz CT molecular complexity index is 6090. The van der Waals surface area contributed by atoms with Crippen molar-refractivity contribution in [1.29, 1.82) is 0 Å². The molecule has 7 aromatic heterocycles. The molecule has 43 heteroatoms. The van der Waals surface area contributed by atoms with Crippen molar-refractivity contribution in [2.24, 2.45) is 29.4 Å².